The van der Waals surface area contributed by atoms with Gasteiger partial charge in [-0.1, -0.05) is 73.7 Å². The molecule has 2 rings (SSSR count). The quantitative estimate of drug-likeness (QED) is 0.0397. The molecule has 2 saturated heterocycles. The Labute approximate surface area is 632 Å². The van der Waals surface area contributed by atoms with Crippen LogP contribution in [0.5, 0.6) is 0 Å². The van der Waals surface area contributed by atoms with Gasteiger partial charge in [0.15, 0.2) is 26.9 Å². The lowest BCUT2D eigenvalue weighted by atomic mass is 10.1. The topological polar surface area (TPSA) is 515 Å². The van der Waals surface area contributed by atoms with Crippen molar-refractivity contribution < 1.29 is 108 Å². The van der Waals surface area contributed by atoms with E-state index in [0.717, 1.165) is 47.9 Å². The first-order valence-electron chi connectivity index (χ1n) is 30.8. The number of thioether (sulfide) groups is 5. The molecule has 40 heteroatoms. The zero-order valence-electron chi connectivity index (χ0n) is 61.4. The summed E-state index contributed by atoms with van der Waals surface area (Å²) < 4.78 is 62.6. The minimum Gasteiger partial charge on any atom is -0.480 e. The molecule has 2 fully saturated rings. The second kappa shape index (κ2) is 57.5. The number of carbonyl (C=O) groups excluding carboxylic acids is 13. The lowest BCUT2D eigenvalue weighted by molar-refractivity contribution is -0.139. The van der Waals surface area contributed by atoms with E-state index in [1.165, 1.54) is 76.8 Å². The Kier molecular flexibility index (Phi) is 63.8. The third kappa shape index (κ3) is 76.4. The van der Waals surface area contributed by atoms with Crippen LogP contribution in [0.25, 0.3) is 0 Å². The van der Waals surface area contributed by atoms with Gasteiger partial charge in [0.1, 0.15) is 46.1 Å². The number of ketones is 4. The van der Waals surface area contributed by atoms with Crippen LogP contribution in [0.2, 0.25) is 0 Å². The Morgan fingerprint density at radius 1 is 0.471 bits per heavy atom. The number of alkyl carbamates (subject to hydrolysis) is 4. The molecule has 7 atom stereocenters. The van der Waals surface area contributed by atoms with E-state index in [2.05, 4.69) is 31.9 Å². The molecule has 0 aromatic rings. The monoisotopic (exact) mass is 1620 g/mol. The number of hydrogen-bond acceptors (Lipinski definition) is 30. The molecule has 0 saturated carbocycles. The van der Waals surface area contributed by atoms with Crippen LogP contribution in [0.1, 0.15) is 191 Å². The molecule has 0 spiro atoms. The van der Waals surface area contributed by atoms with Crippen LogP contribution in [-0.4, -0.2) is 220 Å². The zero-order chi connectivity index (χ0) is 78.6. The zero-order valence-corrected chi connectivity index (χ0v) is 67.9. The molecule has 7 unspecified atom stereocenters. The van der Waals surface area contributed by atoms with Gasteiger partial charge < -0.3 is 61.7 Å². The van der Waals surface area contributed by atoms with Crippen LogP contribution < -0.4 is 47.9 Å². The molecule has 4 amide bonds. The van der Waals surface area contributed by atoms with E-state index in [9.17, 15) is 84.0 Å². The number of aliphatic carboxylic acids is 1. The van der Waals surface area contributed by atoms with Crippen molar-refractivity contribution in [3.05, 3.63) is 0 Å². The summed E-state index contributed by atoms with van der Waals surface area (Å²) in [6.45, 7) is 30.8. The number of sulfonamides is 2. The number of carboxylic acids is 1. The first-order valence-corrected chi connectivity index (χ1v) is 39.2. The van der Waals surface area contributed by atoms with Crippen molar-refractivity contribution in [2.75, 3.05) is 54.4 Å². The fraction of sp³-hybridized carbons (Fsp3) is 0.774. The Morgan fingerprint density at radius 3 is 0.971 bits per heavy atom. The number of nitrogens with one attached hydrogen (secondary N) is 6. The van der Waals surface area contributed by atoms with Crippen LogP contribution >= 0.6 is 71.2 Å². The van der Waals surface area contributed by atoms with Crippen molar-refractivity contribution in [2.24, 2.45) is 16.0 Å². The first-order chi connectivity index (χ1) is 44.8. The van der Waals surface area contributed by atoms with Crippen molar-refractivity contribution in [3.8, 4) is 0 Å². The lowest BCUT2D eigenvalue weighted by Gasteiger charge is -2.22. The SMILES string of the molecule is C.C.CC(=O)C(CCS(N)(=O)=O)NC(=O)OC(C)(C)C.CC(=O)SCCC(NC(=O)OC(C)(C)C)C(=O)O.CC(=O)SCCC(NC(=O)OC(C)(C)C)C(C)=O.CC(C)(C)OC(=O)NC1CCSC1=O.CNC(CCS(N)(=O)=O)C(C)=O.CNC(CCSC(C)=O)C(C)=O.Cl.NC1CCSC1=O. The Morgan fingerprint density at radius 2 is 0.735 bits per heavy atom. The molecule has 102 heavy (non-hydrogen) atoms. The summed E-state index contributed by atoms with van der Waals surface area (Å²) in [4.78, 5) is 154. The van der Waals surface area contributed by atoms with E-state index in [0.29, 0.717) is 30.1 Å². The second-order valence-corrected chi connectivity index (χ2v) is 35.0. The molecule has 2 aliphatic heterocycles. The smallest absolute Gasteiger partial charge is 0.408 e. The summed E-state index contributed by atoms with van der Waals surface area (Å²) >= 11 is 6.02. The lowest BCUT2D eigenvalue weighted by Crippen LogP contribution is -2.43. The summed E-state index contributed by atoms with van der Waals surface area (Å²) in [5.74, 6) is 1.07. The van der Waals surface area contributed by atoms with Gasteiger partial charge in [0, 0.05) is 49.5 Å². The number of carboxylic acid groups (broad SMARTS) is 1. The number of nitrogens with two attached hydrogens (primary N) is 3. The molecule has 2 aliphatic rings. The van der Waals surface area contributed by atoms with E-state index in [1.54, 1.807) is 104 Å². The molecule has 0 bridgehead atoms. The van der Waals surface area contributed by atoms with E-state index >= 15 is 0 Å². The molecule has 0 aromatic carbocycles. The number of primary sulfonamides is 2. The maximum absolute atomic E-state index is 11.5. The Balaban J connectivity index is -0.000000170. The van der Waals surface area contributed by atoms with Gasteiger partial charge in [0.2, 0.25) is 30.3 Å². The summed E-state index contributed by atoms with van der Waals surface area (Å²) in [5.41, 5.74) is 2.83. The van der Waals surface area contributed by atoms with Gasteiger partial charge in [-0.2, -0.15) is 0 Å². The molecule has 32 nitrogen and oxygen atoms in total. The van der Waals surface area contributed by atoms with Gasteiger partial charge in [-0.25, -0.2) is 51.1 Å². The number of amides is 4. The molecule has 13 N–H and O–H groups in total. The fourth-order valence-electron chi connectivity index (χ4n) is 6.58. The Hall–Kier alpha value is -4.68. The highest BCUT2D eigenvalue weighted by molar-refractivity contribution is 8.14. The molecule has 2 heterocycles. The maximum Gasteiger partial charge on any atom is 0.408 e. The van der Waals surface area contributed by atoms with Crippen LogP contribution in [0.3, 0.4) is 0 Å². The van der Waals surface area contributed by atoms with Crippen LogP contribution in [0.4, 0.5) is 19.2 Å². The van der Waals surface area contributed by atoms with Crippen molar-refractivity contribution in [1.82, 2.24) is 31.9 Å². The number of halogens is 1. The van der Waals surface area contributed by atoms with E-state index < -0.39 is 97.0 Å². The first kappa shape index (κ1) is 113. The highest BCUT2D eigenvalue weighted by atomic mass is 35.5. The van der Waals surface area contributed by atoms with Gasteiger partial charge in [0.25, 0.3) is 0 Å². The summed E-state index contributed by atoms with van der Waals surface area (Å²) in [6, 6.07) is -3.61. The Bertz CT molecular complexity index is 2790. The van der Waals surface area contributed by atoms with E-state index in [-0.39, 0.29) is 125 Å². The van der Waals surface area contributed by atoms with Crippen LogP contribution in [0, 0.1) is 0 Å². The van der Waals surface area contributed by atoms with Gasteiger partial charge >= 0.3 is 30.3 Å². The van der Waals surface area contributed by atoms with Gasteiger partial charge in [-0.05, 0) is 170 Å². The summed E-state index contributed by atoms with van der Waals surface area (Å²) in [7, 11) is -3.76. The third-order valence-electron chi connectivity index (χ3n) is 11.2. The summed E-state index contributed by atoms with van der Waals surface area (Å²) in [6.07, 6.45) is 0.339. The fourth-order valence-corrected chi connectivity index (χ4v) is 11.5. The molecule has 0 aliphatic carbocycles. The molecule has 0 aromatic heterocycles. The van der Waals surface area contributed by atoms with Gasteiger partial charge in [-0.15, -0.1) is 12.4 Å². The van der Waals surface area contributed by atoms with Crippen LogP contribution in [0.15, 0.2) is 0 Å². The number of hydrogen-bond donors (Lipinski definition) is 10. The van der Waals surface area contributed by atoms with Crippen LogP contribution in [-0.2, 0) is 86.9 Å². The number of carbonyl (C=O) groups is 14. The maximum atomic E-state index is 11.5. The molecular weight excluding hydrogens is 1500 g/mol. The van der Waals surface area contributed by atoms with Gasteiger partial charge in [0.05, 0.1) is 41.7 Å². The highest BCUT2D eigenvalue weighted by Crippen LogP contribution is 2.21. The largest absolute Gasteiger partial charge is 0.480 e. The van der Waals surface area contributed by atoms with Gasteiger partial charge in [-0.3, -0.25) is 43.2 Å². The number of ether oxygens (including phenoxy) is 4. The molecule has 0 radical (unpaired) electrons. The van der Waals surface area contributed by atoms with E-state index in [1.807, 2.05) is 0 Å². The standard InChI is InChI=1S/C12H21NO4S.C11H19NO5S.C10H20N2O5S.C9H15NO3S.C8H15NO2S.C6H14N2O3S.C4H7NOS.2CH4.ClH/c1-8(14)10(6-7-18-9(2)15)13-11(16)17-12(3,4)5;1-7(13)18-6-5-8(9(14)15)12-10(16)17-11(2,3)4;1-7(13)8(5-6-18(11,15)16)12-9(14)17-10(2,3)4;1-9(2,3)13-8(12)10-6-4-5-14-7(6)11;1-6(10)8(9-3)4-5-12-7(2)11;1-5(9)6(8-2)3-4-12(7,10)11;5-3-1-2-7-4(3)6;;;/h10H,6-7H2,1-5H3,(H,13,16);8H,5-6H2,1-4H3,(H,12,16)(H,14,15);8H,5-6H2,1-4H3,(H,12,14)(H2,11,15,16);6H,4-5H2,1-3H3,(H,10,12);8-9H,4-5H2,1-3H3;6,8H,3-4H2,1-2H3,(H2,7,10,11);3H,1-2,5H2;2*1H4;1H. The average Bonchev–Trinajstić information content (AvgIpc) is 1.61. The highest BCUT2D eigenvalue weighted by Gasteiger charge is 2.30. The van der Waals surface area contributed by atoms with Crippen molar-refractivity contribution in [1.29, 1.82) is 0 Å². The van der Waals surface area contributed by atoms with Crippen molar-refractivity contribution in [3.63, 3.8) is 0 Å². The predicted molar refractivity (Wildman–Crippen MR) is 410 cm³/mol. The van der Waals surface area contributed by atoms with Crippen molar-refractivity contribution >= 4 is 170 Å². The minimum absolute atomic E-state index is 0. The normalized spacial score (nSPS) is 15.3. The predicted octanol–water partition coefficient (Wildman–Crippen LogP) is 6.81. The number of Topliss-reactive ketones (excluding diaryl/α,β-unsaturated/α-hetero) is 4. The summed E-state index contributed by atoms with van der Waals surface area (Å²) in [5, 5.41) is 34.0. The van der Waals surface area contributed by atoms with Crippen molar-refractivity contribution in [2.45, 2.75) is 256 Å². The third-order valence-corrected chi connectivity index (χ3v) is 17.3. The minimum atomic E-state index is -3.67. The number of rotatable bonds is 26. The molecular formula is C62H120ClN9O23S7. The number of likely N-dealkylation sites (N-methyl/N-ethyl adjacent to an activating group) is 2. The second-order valence-electron chi connectivity index (χ2n) is 25.5. The average molecular weight is 1620 g/mol. The van der Waals surface area contributed by atoms with E-state index in [4.69, 9.17) is 40.1 Å². The molecule has 600 valence electrons.